The number of carbonyl (C=O) groups is 3. The highest BCUT2D eigenvalue weighted by Crippen LogP contribution is 2.48. The number of hydrogen-bond acceptors (Lipinski definition) is 3. The summed E-state index contributed by atoms with van der Waals surface area (Å²) < 4.78 is 14.0. The largest absolute Gasteiger partial charge is 0.326 e. The summed E-state index contributed by atoms with van der Waals surface area (Å²) in [6.45, 7) is 2.12. The van der Waals surface area contributed by atoms with Crippen molar-refractivity contribution in [2.24, 2.45) is 11.8 Å². The van der Waals surface area contributed by atoms with Gasteiger partial charge < -0.3 is 10.6 Å². The van der Waals surface area contributed by atoms with Crippen LogP contribution in [0.1, 0.15) is 18.1 Å². The van der Waals surface area contributed by atoms with E-state index in [1.54, 1.807) is 5.32 Å². The van der Waals surface area contributed by atoms with Gasteiger partial charge in [0.05, 0.1) is 11.7 Å². The van der Waals surface area contributed by atoms with E-state index in [2.05, 4.69) is 5.32 Å². The summed E-state index contributed by atoms with van der Waals surface area (Å²) in [7, 11) is 0. The van der Waals surface area contributed by atoms with Crippen LogP contribution in [0.15, 0.2) is 48.5 Å². The Morgan fingerprint density at radius 1 is 1.10 bits per heavy atom. The van der Waals surface area contributed by atoms with E-state index in [9.17, 15) is 18.8 Å². The molecule has 3 aliphatic heterocycles. The zero-order valence-electron chi connectivity index (χ0n) is 15.9. The highest BCUT2D eigenvalue weighted by Gasteiger charge is 2.73. The lowest BCUT2D eigenvalue weighted by Gasteiger charge is -2.25. The Balaban J connectivity index is 1.52. The van der Waals surface area contributed by atoms with Gasteiger partial charge in [-0.1, -0.05) is 30.3 Å². The first-order valence-corrected chi connectivity index (χ1v) is 9.80. The minimum Gasteiger partial charge on any atom is -0.326 e. The van der Waals surface area contributed by atoms with E-state index in [4.69, 9.17) is 0 Å². The molecule has 2 aromatic rings. The van der Waals surface area contributed by atoms with Gasteiger partial charge in [0.1, 0.15) is 17.7 Å². The summed E-state index contributed by atoms with van der Waals surface area (Å²) >= 11 is 0. The normalized spacial score (nSPS) is 30.1. The SMILES string of the molecule is C[C@@H]1[NH2+][C@]2(C(=O)Nc3ccc(F)cc32)[C@@H]2C(=O)N(CCc3ccccc3)C(=O)[C@H]12. The molecule has 7 heteroatoms. The van der Waals surface area contributed by atoms with Gasteiger partial charge in [-0.15, -0.1) is 0 Å². The van der Waals surface area contributed by atoms with Crippen LogP contribution in [-0.2, 0) is 26.3 Å². The number of nitrogens with two attached hydrogens (primary N) is 1. The van der Waals surface area contributed by atoms with Crippen molar-refractivity contribution in [1.82, 2.24) is 4.90 Å². The van der Waals surface area contributed by atoms with Crippen LogP contribution in [0.4, 0.5) is 10.1 Å². The van der Waals surface area contributed by atoms with Crippen LogP contribution < -0.4 is 10.6 Å². The lowest BCUT2D eigenvalue weighted by atomic mass is 9.76. The molecule has 4 atom stereocenters. The lowest BCUT2D eigenvalue weighted by molar-refractivity contribution is -0.730. The molecule has 3 amide bonds. The maximum atomic E-state index is 14.0. The molecule has 0 aliphatic carbocycles. The molecule has 5 rings (SSSR count). The second-order valence-corrected chi connectivity index (χ2v) is 8.11. The number of nitrogens with zero attached hydrogens (tertiary/aromatic N) is 1. The summed E-state index contributed by atoms with van der Waals surface area (Å²) in [5.41, 5.74) is 0.692. The molecule has 3 heterocycles. The van der Waals surface area contributed by atoms with Crippen LogP contribution in [-0.4, -0.2) is 35.2 Å². The van der Waals surface area contributed by atoms with Gasteiger partial charge in [0, 0.05) is 12.1 Å². The predicted octanol–water partition coefficient (Wildman–Crippen LogP) is 0.782. The summed E-state index contributed by atoms with van der Waals surface area (Å²) in [6, 6.07) is 13.5. The number of benzene rings is 2. The van der Waals surface area contributed by atoms with E-state index in [0.717, 1.165) is 5.56 Å². The Bertz CT molecular complexity index is 1040. The first-order chi connectivity index (χ1) is 13.9. The van der Waals surface area contributed by atoms with Crippen molar-refractivity contribution in [2.45, 2.75) is 24.9 Å². The maximum Gasteiger partial charge on any atom is 0.291 e. The molecule has 148 valence electrons. The van der Waals surface area contributed by atoms with E-state index >= 15 is 0 Å². The predicted molar refractivity (Wildman–Crippen MR) is 102 cm³/mol. The summed E-state index contributed by atoms with van der Waals surface area (Å²) in [4.78, 5) is 40.8. The van der Waals surface area contributed by atoms with Gasteiger partial charge in [-0.3, -0.25) is 19.3 Å². The number of amides is 3. The molecule has 2 saturated heterocycles. The zero-order chi connectivity index (χ0) is 20.3. The average molecular weight is 394 g/mol. The van der Waals surface area contributed by atoms with Crippen LogP contribution in [0.25, 0.3) is 0 Å². The fourth-order valence-electron chi connectivity index (χ4n) is 5.28. The van der Waals surface area contributed by atoms with Gasteiger partial charge in [-0.2, -0.15) is 0 Å². The molecule has 0 aromatic heterocycles. The topological polar surface area (TPSA) is 83.1 Å². The third-order valence-corrected chi connectivity index (χ3v) is 6.54. The number of carbonyl (C=O) groups excluding carboxylic acids is 3. The summed E-state index contributed by atoms with van der Waals surface area (Å²) in [5.74, 6) is -2.84. The standard InChI is InChI=1S/C22H20FN3O3/c1-12-17-18(20(28)26(19(17)27)10-9-13-5-3-2-4-6-13)22(25-12)15-11-14(23)7-8-16(15)24-21(22)29/h2-8,11-12,17-18,25H,9-10H2,1H3,(H,24,29)/p+1/t12-,17+,18-,22-/m0/s1. The molecule has 2 fully saturated rings. The molecule has 0 bridgehead atoms. The summed E-state index contributed by atoms with van der Waals surface area (Å²) in [6.07, 6.45) is 0.556. The minimum atomic E-state index is -1.30. The van der Waals surface area contributed by atoms with Gasteiger partial charge in [0.25, 0.3) is 5.91 Å². The third kappa shape index (κ3) is 2.40. The van der Waals surface area contributed by atoms with E-state index in [1.807, 2.05) is 37.3 Å². The molecule has 3 N–H and O–H groups in total. The number of halogens is 1. The first kappa shape index (κ1) is 18.0. The Kier molecular flexibility index (Phi) is 3.86. The van der Waals surface area contributed by atoms with Crippen LogP contribution in [0.5, 0.6) is 0 Å². The van der Waals surface area contributed by atoms with Gasteiger partial charge in [-0.25, -0.2) is 4.39 Å². The smallest absolute Gasteiger partial charge is 0.291 e. The second kappa shape index (κ2) is 6.22. The lowest BCUT2D eigenvalue weighted by Crippen LogP contribution is -2.98. The Labute approximate surface area is 167 Å². The molecule has 1 spiro atoms. The molecule has 0 unspecified atom stereocenters. The number of anilines is 1. The van der Waals surface area contributed by atoms with Gasteiger partial charge >= 0.3 is 0 Å². The van der Waals surface area contributed by atoms with E-state index < -0.39 is 23.2 Å². The van der Waals surface area contributed by atoms with Gasteiger partial charge in [0.15, 0.2) is 0 Å². The van der Waals surface area contributed by atoms with Gasteiger partial charge in [0.2, 0.25) is 17.4 Å². The minimum absolute atomic E-state index is 0.241. The van der Waals surface area contributed by atoms with Crippen molar-refractivity contribution >= 4 is 23.4 Å². The Morgan fingerprint density at radius 2 is 1.86 bits per heavy atom. The number of rotatable bonds is 3. The van der Waals surface area contributed by atoms with Crippen molar-refractivity contribution in [1.29, 1.82) is 0 Å². The van der Waals surface area contributed by atoms with Crippen molar-refractivity contribution in [2.75, 3.05) is 11.9 Å². The zero-order valence-corrected chi connectivity index (χ0v) is 15.9. The first-order valence-electron chi connectivity index (χ1n) is 9.80. The Morgan fingerprint density at radius 3 is 2.62 bits per heavy atom. The molecule has 29 heavy (non-hydrogen) atoms. The van der Waals surface area contributed by atoms with Crippen LogP contribution in [0, 0.1) is 17.7 Å². The number of quaternary nitrogens is 1. The van der Waals surface area contributed by atoms with E-state index in [1.165, 1.54) is 23.1 Å². The molecule has 0 radical (unpaired) electrons. The molecule has 2 aromatic carbocycles. The van der Waals surface area contributed by atoms with Crippen LogP contribution in [0.3, 0.4) is 0 Å². The number of nitrogens with one attached hydrogen (secondary N) is 1. The summed E-state index contributed by atoms with van der Waals surface area (Å²) in [5, 5.41) is 4.55. The highest BCUT2D eigenvalue weighted by molar-refractivity contribution is 6.13. The van der Waals surface area contributed by atoms with E-state index in [-0.39, 0.29) is 30.3 Å². The molecular formula is C22H21FN3O3+. The fraction of sp³-hybridized carbons (Fsp3) is 0.318. The quantitative estimate of drug-likeness (QED) is 0.755. The van der Waals surface area contributed by atoms with Gasteiger partial charge in [-0.05, 0) is 37.1 Å². The number of hydrogen-bond donors (Lipinski definition) is 2. The van der Waals surface area contributed by atoms with Crippen molar-refractivity contribution < 1.29 is 24.1 Å². The molecule has 3 aliphatic rings. The molecule has 6 nitrogen and oxygen atoms in total. The maximum absolute atomic E-state index is 14.0. The monoisotopic (exact) mass is 394 g/mol. The van der Waals surface area contributed by atoms with Crippen molar-refractivity contribution in [3.8, 4) is 0 Å². The highest BCUT2D eigenvalue weighted by atomic mass is 19.1. The fourth-order valence-corrected chi connectivity index (χ4v) is 5.28. The average Bonchev–Trinajstić information content (AvgIpc) is 3.26. The van der Waals surface area contributed by atoms with Crippen molar-refractivity contribution in [3.63, 3.8) is 0 Å². The number of fused-ring (bicyclic) bond motifs is 4. The third-order valence-electron chi connectivity index (χ3n) is 6.54. The number of imide groups is 1. The molecular weight excluding hydrogens is 373 g/mol. The van der Waals surface area contributed by atoms with Crippen LogP contribution >= 0.6 is 0 Å². The molecule has 0 saturated carbocycles. The number of likely N-dealkylation sites (tertiary alicyclic amines) is 1. The second-order valence-electron chi connectivity index (χ2n) is 8.11. The van der Waals surface area contributed by atoms with Crippen molar-refractivity contribution in [3.05, 3.63) is 65.5 Å². The van der Waals surface area contributed by atoms with E-state index in [0.29, 0.717) is 17.7 Å². The van der Waals surface area contributed by atoms with Crippen LogP contribution in [0.2, 0.25) is 0 Å². The Hall–Kier alpha value is -3.06.